The number of rotatable bonds is 1. The number of nitrogens with one attached hydrogen (secondary N) is 1. The van der Waals surface area contributed by atoms with Gasteiger partial charge in [0, 0.05) is 17.5 Å². The van der Waals surface area contributed by atoms with Gasteiger partial charge in [0.25, 0.3) is 5.56 Å². The summed E-state index contributed by atoms with van der Waals surface area (Å²) in [6.45, 7) is 1.75. The average Bonchev–Trinajstić information content (AvgIpc) is 2.57. The Morgan fingerprint density at radius 1 is 1.17 bits per heavy atom. The van der Waals surface area contributed by atoms with Gasteiger partial charge in [0.2, 0.25) is 0 Å². The third-order valence-electron chi connectivity index (χ3n) is 4.33. The summed E-state index contributed by atoms with van der Waals surface area (Å²) in [5, 5.41) is 4.04. The van der Waals surface area contributed by atoms with Crippen LogP contribution in [0.3, 0.4) is 0 Å². The molecule has 1 aliphatic rings. The number of halogens is 3. The van der Waals surface area contributed by atoms with Crippen molar-refractivity contribution < 1.29 is 4.39 Å². The quantitative estimate of drug-likeness (QED) is 0.623. The van der Waals surface area contributed by atoms with Crippen molar-refractivity contribution in [2.75, 3.05) is 13.1 Å². The fraction of sp³-hybridized carbons (Fsp3) is 0.312. The van der Waals surface area contributed by atoms with Crippen LogP contribution in [0, 0.1) is 5.82 Å². The molecule has 4 rings (SSSR count). The van der Waals surface area contributed by atoms with E-state index in [2.05, 4.69) is 31.2 Å². The molecule has 1 aromatic carbocycles. The maximum absolute atomic E-state index is 13.8. The largest absolute Gasteiger partial charge is 0.317 e. The molecule has 126 valence electrons. The van der Waals surface area contributed by atoms with Gasteiger partial charge in [-0.05, 0) is 47.9 Å². The minimum absolute atomic E-state index is 0. The van der Waals surface area contributed by atoms with Gasteiger partial charge in [-0.25, -0.2) is 9.37 Å². The molecule has 0 bridgehead atoms. The van der Waals surface area contributed by atoms with Crippen molar-refractivity contribution in [3.63, 3.8) is 0 Å². The van der Waals surface area contributed by atoms with Gasteiger partial charge in [-0.2, -0.15) is 0 Å². The van der Waals surface area contributed by atoms with Crippen molar-refractivity contribution in [2.45, 2.75) is 18.9 Å². The van der Waals surface area contributed by atoms with E-state index in [4.69, 9.17) is 0 Å². The standard InChI is InChI=1S/C16H14BrFN4O.ClH/c17-11-5-10-13(6-12(11)18)20-7-14-16(10)22(15(23)8-21-14)9-1-3-19-4-2-9;/h5-9,19H,1-4H2;1H. The van der Waals surface area contributed by atoms with Crippen LogP contribution in [0.5, 0.6) is 0 Å². The number of hydrogen-bond donors (Lipinski definition) is 1. The summed E-state index contributed by atoms with van der Waals surface area (Å²) in [5.41, 5.74) is 1.77. The van der Waals surface area contributed by atoms with Crippen LogP contribution in [0.1, 0.15) is 18.9 Å². The highest BCUT2D eigenvalue weighted by molar-refractivity contribution is 9.10. The summed E-state index contributed by atoms with van der Waals surface area (Å²) in [4.78, 5) is 21.0. The second-order valence-corrected chi connectivity index (χ2v) is 6.58. The van der Waals surface area contributed by atoms with Crippen LogP contribution in [0.4, 0.5) is 4.39 Å². The first-order valence-corrected chi connectivity index (χ1v) is 8.30. The molecule has 0 spiro atoms. The second-order valence-electron chi connectivity index (χ2n) is 5.72. The molecule has 1 fully saturated rings. The maximum atomic E-state index is 13.8. The fourth-order valence-electron chi connectivity index (χ4n) is 3.23. The summed E-state index contributed by atoms with van der Waals surface area (Å²) >= 11 is 3.22. The molecule has 8 heteroatoms. The highest BCUT2D eigenvalue weighted by Gasteiger charge is 2.20. The topological polar surface area (TPSA) is 59.8 Å². The van der Waals surface area contributed by atoms with Crippen LogP contribution < -0.4 is 10.9 Å². The molecule has 0 radical (unpaired) electrons. The molecule has 1 saturated heterocycles. The van der Waals surface area contributed by atoms with Crippen LogP contribution in [0.2, 0.25) is 0 Å². The van der Waals surface area contributed by atoms with Gasteiger partial charge in [-0.15, -0.1) is 12.4 Å². The fourth-order valence-corrected chi connectivity index (χ4v) is 3.58. The van der Waals surface area contributed by atoms with Crippen LogP contribution in [0.15, 0.2) is 33.8 Å². The van der Waals surface area contributed by atoms with E-state index in [0.717, 1.165) is 36.8 Å². The normalized spacial score (nSPS) is 15.6. The molecule has 2 aromatic heterocycles. The third-order valence-corrected chi connectivity index (χ3v) is 4.94. The number of benzene rings is 1. The number of aromatic nitrogens is 3. The maximum Gasteiger partial charge on any atom is 0.269 e. The lowest BCUT2D eigenvalue weighted by Gasteiger charge is -2.26. The Balaban J connectivity index is 0.00000169. The molecule has 3 heterocycles. The van der Waals surface area contributed by atoms with Crippen molar-refractivity contribution in [3.8, 4) is 0 Å². The van der Waals surface area contributed by atoms with Crippen molar-refractivity contribution >= 4 is 50.3 Å². The third kappa shape index (κ3) is 2.81. The molecule has 1 N–H and O–H groups in total. The molecule has 0 unspecified atom stereocenters. The van der Waals surface area contributed by atoms with Gasteiger partial charge in [0.05, 0.1) is 27.9 Å². The van der Waals surface area contributed by atoms with E-state index < -0.39 is 0 Å². The first-order chi connectivity index (χ1) is 11.1. The van der Waals surface area contributed by atoms with E-state index in [1.165, 1.54) is 12.3 Å². The van der Waals surface area contributed by atoms with Crippen molar-refractivity contribution in [3.05, 3.63) is 45.2 Å². The lowest BCUT2D eigenvalue weighted by atomic mass is 10.1. The van der Waals surface area contributed by atoms with E-state index in [1.807, 2.05) is 0 Å². The highest BCUT2D eigenvalue weighted by Crippen LogP contribution is 2.29. The van der Waals surface area contributed by atoms with E-state index in [-0.39, 0.29) is 29.8 Å². The molecular weight excluding hydrogens is 399 g/mol. The molecule has 0 atom stereocenters. The Kier molecular flexibility index (Phi) is 4.85. The second kappa shape index (κ2) is 6.74. The molecule has 0 amide bonds. The van der Waals surface area contributed by atoms with E-state index in [9.17, 15) is 9.18 Å². The Morgan fingerprint density at radius 3 is 2.62 bits per heavy atom. The van der Waals surface area contributed by atoms with Gasteiger partial charge in [0.1, 0.15) is 11.3 Å². The van der Waals surface area contributed by atoms with E-state index in [0.29, 0.717) is 15.5 Å². The smallest absolute Gasteiger partial charge is 0.269 e. The summed E-state index contributed by atoms with van der Waals surface area (Å²) in [5.74, 6) is -0.371. The summed E-state index contributed by atoms with van der Waals surface area (Å²) in [6, 6.07) is 3.17. The zero-order valence-electron chi connectivity index (χ0n) is 12.6. The minimum Gasteiger partial charge on any atom is -0.317 e. The zero-order chi connectivity index (χ0) is 16.0. The Morgan fingerprint density at radius 2 is 1.88 bits per heavy atom. The predicted molar refractivity (Wildman–Crippen MR) is 97.4 cm³/mol. The molecular formula is C16H15BrClFN4O. The summed E-state index contributed by atoms with van der Waals surface area (Å²) in [7, 11) is 0. The first kappa shape index (κ1) is 17.3. The van der Waals surface area contributed by atoms with Crippen LogP contribution in [-0.2, 0) is 0 Å². The van der Waals surface area contributed by atoms with Gasteiger partial charge >= 0.3 is 0 Å². The number of fused-ring (bicyclic) bond motifs is 3. The number of pyridine rings is 1. The van der Waals surface area contributed by atoms with Crippen LogP contribution >= 0.6 is 28.3 Å². The Hall–Kier alpha value is -1.57. The highest BCUT2D eigenvalue weighted by atomic mass is 79.9. The lowest BCUT2D eigenvalue weighted by molar-refractivity contribution is 0.369. The molecule has 0 saturated carbocycles. The first-order valence-electron chi connectivity index (χ1n) is 7.51. The van der Waals surface area contributed by atoms with E-state index >= 15 is 0 Å². The molecule has 1 aliphatic heterocycles. The van der Waals surface area contributed by atoms with Gasteiger partial charge < -0.3 is 9.88 Å². The van der Waals surface area contributed by atoms with Crippen molar-refractivity contribution in [2.24, 2.45) is 0 Å². The number of piperidine rings is 1. The monoisotopic (exact) mass is 412 g/mol. The molecule has 24 heavy (non-hydrogen) atoms. The van der Waals surface area contributed by atoms with Gasteiger partial charge in [-0.1, -0.05) is 0 Å². The molecule has 0 aliphatic carbocycles. The molecule has 5 nitrogen and oxygen atoms in total. The predicted octanol–water partition coefficient (Wildman–Crippen LogP) is 3.19. The molecule has 3 aromatic rings. The summed E-state index contributed by atoms with van der Waals surface area (Å²) < 4.78 is 16.0. The average molecular weight is 414 g/mol. The van der Waals surface area contributed by atoms with Crippen molar-refractivity contribution in [1.29, 1.82) is 0 Å². The summed E-state index contributed by atoms with van der Waals surface area (Å²) in [6.07, 6.45) is 4.70. The number of hydrogen-bond acceptors (Lipinski definition) is 4. The lowest BCUT2D eigenvalue weighted by Crippen LogP contribution is -2.34. The van der Waals surface area contributed by atoms with Crippen LogP contribution in [-0.4, -0.2) is 27.6 Å². The Bertz CT molecular complexity index is 972. The minimum atomic E-state index is -0.371. The SMILES string of the molecule is Cl.O=c1cnc2cnc3cc(F)c(Br)cc3c2n1C1CCNCC1. The van der Waals surface area contributed by atoms with Crippen molar-refractivity contribution in [1.82, 2.24) is 19.9 Å². The zero-order valence-corrected chi connectivity index (χ0v) is 15.0. The Labute approximate surface area is 151 Å². The number of nitrogens with zero attached hydrogens (tertiary/aromatic N) is 3. The van der Waals surface area contributed by atoms with Gasteiger partial charge in [-0.3, -0.25) is 9.78 Å². The van der Waals surface area contributed by atoms with Gasteiger partial charge in [0.15, 0.2) is 0 Å². The van der Waals surface area contributed by atoms with Crippen LogP contribution in [0.25, 0.3) is 21.9 Å². The van der Waals surface area contributed by atoms with E-state index in [1.54, 1.807) is 16.8 Å².